The predicted octanol–water partition coefficient (Wildman–Crippen LogP) is 1.69. The number of aliphatic hydroxyl groups excluding tert-OH is 1. The number of likely N-dealkylation sites (tertiary alicyclic amines) is 1. The van der Waals surface area contributed by atoms with Crippen LogP contribution in [-0.4, -0.2) is 42.0 Å². The molecule has 0 aromatic rings. The monoisotopic (exact) mass is 239 g/mol. The van der Waals surface area contributed by atoms with Crippen LogP contribution in [0.3, 0.4) is 0 Å². The molecule has 2 rings (SSSR count). The molecule has 1 N–H and O–H groups in total. The van der Waals surface area contributed by atoms with Gasteiger partial charge in [-0.05, 0) is 25.2 Å². The quantitative estimate of drug-likeness (QED) is 0.742. The molecule has 1 saturated carbocycles. The van der Waals surface area contributed by atoms with E-state index in [-0.39, 0.29) is 11.5 Å². The summed E-state index contributed by atoms with van der Waals surface area (Å²) in [5, 5.41) is 9.88. The van der Waals surface area contributed by atoms with E-state index in [0.717, 1.165) is 51.6 Å². The summed E-state index contributed by atoms with van der Waals surface area (Å²) in [5.41, 5.74) is -0.196. The van der Waals surface area contributed by atoms with E-state index in [1.54, 1.807) is 0 Å². The van der Waals surface area contributed by atoms with Crippen molar-refractivity contribution in [3.63, 3.8) is 0 Å². The van der Waals surface area contributed by atoms with Crippen molar-refractivity contribution in [2.24, 2.45) is 17.3 Å². The first-order valence-corrected chi connectivity index (χ1v) is 6.95. The first-order chi connectivity index (χ1) is 8.08. The van der Waals surface area contributed by atoms with E-state index in [0.29, 0.717) is 11.8 Å². The fourth-order valence-electron chi connectivity index (χ4n) is 3.72. The fraction of sp³-hybridized carbons (Fsp3) is 0.929. The lowest BCUT2D eigenvalue weighted by Crippen LogP contribution is -2.36. The summed E-state index contributed by atoms with van der Waals surface area (Å²) >= 11 is 0. The van der Waals surface area contributed by atoms with E-state index in [1.807, 2.05) is 0 Å². The summed E-state index contributed by atoms with van der Waals surface area (Å²) in [5.74, 6) is 1.13. The van der Waals surface area contributed by atoms with Crippen LogP contribution in [0.4, 0.5) is 0 Å². The minimum atomic E-state index is -0.196. The minimum Gasteiger partial charge on any atom is -0.393 e. The van der Waals surface area contributed by atoms with Crippen LogP contribution in [0.15, 0.2) is 0 Å². The molecule has 2 aliphatic rings. The van der Waals surface area contributed by atoms with Crippen molar-refractivity contribution in [2.75, 3.05) is 19.6 Å². The maximum atomic E-state index is 11.2. The lowest BCUT2D eigenvalue weighted by molar-refractivity contribution is -0.116. The van der Waals surface area contributed by atoms with Gasteiger partial charge in [0.15, 0.2) is 0 Å². The number of rotatable bonds is 5. The van der Waals surface area contributed by atoms with Crippen molar-refractivity contribution in [1.29, 1.82) is 0 Å². The predicted molar refractivity (Wildman–Crippen MR) is 67.7 cm³/mol. The van der Waals surface area contributed by atoms with Gasteiger partial charge >= 0.3 is 0 Å². The molecule has 3 heteroatoms. The molecule has 0 amide bonds. The molecule has 1 aliphatic heterocycles. The maximum absolute atomic E-state index is 11.2. The molecular weight excluding hydrogens is 214 g/mol. The third-order valence-electron chi connectivity index (χ3n) is 4.59. The van der Waals surface area contributed by atoms with E-state index in [1.165, 1.54) is 0 Å². The number of carbonyl (C=O) groups excluding carboxylic acids is 1. The Morgan fingerprint density at radius 1 is 1.41 bits per heavy atom. The van der Waals surface area contributed by atoms with Gasteiger partial charge in [0.05, 0.1) is 6.10 Å². The van der Waals surface area contributed by atoms with Gasteiger partial charge in [0.25, 0.3) is 0 Å². The normalized spacial score (nSPS) is 36.8. The van der Waals surface area contributed by atoms with E-state index < -0.39 is 0 Å². The SMILES string of the molecule is CCCC(C)(C=O)CN1CC2CCC(O)C2C1. The summed E-state index contributed by atoms with van der Waals surface area (Å²) in [6.45, 7) is 7.12. The van der Waals surface area contributed by atoms with Crippen molar-refractivity contribution in [3.05, 3.63) is 0 Å². The highest BCUT2D eigenvalue weighted by atomic mass is 16.3. The van der Waals surface area contributed by atoms with Gasteiger partial charge < -0.3 is 14.8 Å². The lowest BCUT2D eigenvalue weighted by atomic mass is 9.87. The summed E-state index contributed by atoms with van der Waals surface area (Å²) in [6, 6.07) is 0. The van der Waals surface area contributed by atoms with Crippen LogP contribution in [0.1, 0.15) is 39.5 Å². The van der Waals surface area contributed by atoms with Crippen LogP contribution in [0, 0.1) is 17.3 Å². The second-order valence-corrected chi connectivity index (χ2v) is 6.28. The van der Waals surface area contributed by atoms with Gasteiger partial charge in [0.1, 0.15) is 6.29 Å². The number of hydrogen-bond donors (Lipinski definition) is 1. The van der Waals surface area contributed by atoms with Crippen molar-refractivity contribution < 1.29 is 9.90 Å². The molecule has 0 bridgehead atoms. The second kappa shape index (κ2) is 5.07. The standard InChI is InChI=1S/C14H25NO2/c1-3-6-14(2,10-16)9-15-7-11-4-5-13(17)12(11)8-15/h10-13,17H,3-9H2,1-2H3. The van der Waals surface area contributed by atoms with Crippen LogP contribution >= 0.6 is 0 Å². The highest BCUT2D eigenvalue weighted by Crippen LogP contribution is 2.39. The molecule has 3 nitrogen and oxygen atoms in total. The molecule has 1 heterocycles. The molecule has 4 atom stereocenters. The Labute approximate surface area is 104 Å². The Bertz CT molecular complexity index is 281. The van der Waals surface area contributed by atoms with Crippen molar-refractivity contribution >= 4 is 6.29 Å². The number of carbonyl (C=O) groups is 1. The molecule has 0 radical (unpaired) electrons. The zero-order valence-corrected chi connectivity index (χ0v) is 11.1. The number of hydrogen-bond acceptors (Lipinski definition) is 3. The van der Waals surface area contributed by atoms with E-state index in [4.69, 9.17) is 0 Å². The molecule has 2 fully saturated rings. The summed E-state index contributed by atoms with van der Waals surface area (Å²) < 4.78 is 0. The summed E-state index contributed by atoms with van der Waals surface area (Å²) in [4.78, 5) is 13.6. The van der Waals surface area contributed by atoms with E-state index >= 15 is 0 Å². The average molecular weight is 239 g/mol. The van der Waals surface area contributed by atoms with Crippen molar-refractivity contribution in [1.82, 2.24) is 4.90 Å². The van der Waals surface area contributed by atoms with Gasteiger partial charge in [-0.2, -0.15) is 0 Å². The van der Waals surface area contributed by atoms with Gasteiger partial charge in [0, 0.05) is 31.0 Å². The molecule has 1 saturated heterocycles. The van der Waals surface area contributed by atoms with Gasteiger partial charge in [-0.25, -0.2) is 0 Å². The molecule has 17 heavy (non-hydrogen) atoms. The third kappa shape index (κ3) is 2.71. The van der Waals surface area contributed by atoms with Crippen LogP contribution in [0.5, 0.6) is 0 Å². The summed E-state index contributed by atoms with van der Waals surface area (Å²) in [7, 11) is 0. The first kappa shape index (κ1) is 13.0. The van der Waals surface area contributed by atoms with Crippen molar-refractivity contribution in [2.45, 2.75) is 45.6 Å². The van der Waals surface area contributed by atoms with Gasteiger partial charge in [-0.3, -0.25) is 0 Å². The summed E-state index contributed by atoms with van der Waals surface area (Å²) in [6.07, 6.45) is 5.18. The van der Waals surface area contributed by atoms with Crippen LogP contribution in [0.2, 0.25) is 0 Å². The number of nitrogens with zero attached hydrogens (tertiary/aromatic N) is 1. The van der Waals surface area contributed by atoms with E-state index in [9.17, 15) is 9.90 Å². The Morgan fingerprint density at radius 3 is 2.76 bits per heavy atom. The number of aldehydes is 1. The van der Waals surface area contributed by atoms with Crippen molar-refractivity contribution in [3.8, 4) is 0 Å². The Kier molecular flexibility index (Phi) is 3.88. The van der Waals surface area contributed by atoms with E-state index in [2.05, 4.69) is 18.7 Å². The number of aliphatic hydroxyl groups is 1. The zero-order valence-electron chi connectivity index (χ0n) is 11.1. The highest BCUT2D eigenvalue weighted by Gasteiger charge is 2.43. The van der Waals surface area contributed by atoms with Gasteiger partial charge in [-0.1, -0.05) is 20.3 Å². The average Bonchev–Trinajstić information content (AvgIpc) is 2.82. The fourth-order valence-corrected chi connectivity index (χ4v) is 3.72. The second-order valence-electron chi connectivity index (χ2n) is 6.28. The van der Waals surface area contributed by atoms with Crippen LogP contribution < -0.4 is 0 Å². The molecule has 1 aliphatic carbocycles. The van der Waals surface area contributed by atoms with Gasteiger partial charge in [0.2, 0.25) is 0 Å². The van der Waals surface area contributed by atoms with Crippen LogP contribution in [0.25, 0.3) is 0 Å². The molecular formula is C14H25NO2. The number of fused-ring (bicyclic) bond motifs is 1. The Morgan fingerprint density at radius 2 is 2.18 bits per heavy atom. The Hall–Kier alpha value is -0.410. The molecule has 4 unspecified atom stereocenters. The topological polar surface area (TPSA) is 40.5 Å². The van der Waals surface area contributed by atoms with Gasteiger partial charge in [-0.15, -0.1) is 0 Å². The van der Waals surface area contributed by atoms with Crippen LogP contribution in [-0.2, 0) is 4.79 Å². The smallest absolute Gasteiger partial charge is 0.127 e. The molecule has 0 aromatic heterocycles. The molecule has 0 aromatic carbocycles. The minimum absolute atomic E-state index is 0.0985. The highest BCUT2D eigenvalue weighted by molar-refractivity contribution is 5.59. The zero-order chi connectivity index (χ0) is 12.5. The lowest BCUT2D eigenvalue weighted by Gasteiger charge is -2.29. The first-order valence-electron chi connectivity index (χ1n) is 6.95. The maximum Gasteiger partial charge on any atom is 0.127 e. The molecule has 98 valence electrons. The molecule has 0 spiro atoms. The third-order valence-corrected chi connectivity index (χ3v) is 4.59. The Balaban J connectivity index is 1.91. The largest absolute Gasteiger partial charge is 0.393 e.